The van der Waals surface area contributed by atoms with E-state index >= 15 is 0 Å². The number of nitrogens with two attached hydrogens (primary N) is 1. The molecule has 0 heterocycles. The van der Waals surface area contributed by atoms with E-state index in [9.17, 15) is 4.79 Å². The summed E-state index contributed by atoms with van der Waals surface area (Å²) in [5.74, 6) is -0.0525. The molecule has 0 aliphatic rings. The van der Waals surface area contributed by atoms with Gasteiger partial charge in [0, 0.05) is 22.9 Å². The van der Waals surface area contributed by atoms with Crippen LogP contribution in [0.3, 0.4) is 0 Å². The zero-order chi connectivity index (χ0) is 12.1. The summed E-state index contributed by atoms with van der Waals surface area (Å²) in [5.41, 5.74) is 6.05. The number of nitrogens with zero attached hydrogens (tertiary/aromatic N) is 1. The second-order valence-corrected chi connectivity index (χ2v) is 4.87. The Balaban J connectivity index is 2.68. The van der Waals surface area contributed by atoms with E-state index in [1.54, 1.807) is 23.9 Å². The Hall–Kier alpha value is -1.20. The van der Waals surface area contributed by atoms with E-state index in [0.29, 0.717) is 5.69 Å². The quantitative estimate of drug-likeness (QED) is 0.604. The van der Waals surface area contributed by atoms with Crippen molar-refractivity contribution in [3.8, 4) is 0 Å². The van der Waals surface area contributed by atoms with Gasteiger partial charge < -0.3 is 15.7 Å². The first-order valence-electron chi connectivity index (χ1n) is 4.91. The highest BCUT2D eigenvalue weighted by molar-refractivity contribution is 7.99. The lowest BCUT2D eigenvalue weighted by Crippen LogP contribution is -2.14. The van der Waals surface area contributed by atoms with Crippen LogP contribution in [0.5, 0.6) is 0 Å². The maximum Gasteiger partial charge on any atom is 0.337 e. The number of benzene rings is 1. The average Bonchev–Trinajstić information content (AvgIpc) is 2.19. The molecular weight excluding hydrogens is 224 g/mol. The topological polar surface area (TPSA) is 66.6 Å². The standard InChI is InChI=1S/C11H16N2O2S/c1-13(2)5-6-16-8-3-4-10(12)9(7-8)11(14)15/h3-4,7H,5-6,12H2,1-2H3,(H,14,15). The van der Waals surface area contributed by atoms with Crippen molar-refractivity contribution in [1.82, 2.24) is 4.90 Å². The molecule has 0 radical (unpaired) electrons. The minimum Gasteiger partial charge on any atom is -0.478 e. The molecule has 0 fully saturated rings. The maximum atomic E-state index is 10.9. The summed E-state index contributed by atoms with van der Waals surface area (Å²) in [5, 5.41) is 8.91. The number of anilines is 1. The van der Waals surface area contributed by atoms with E-state index < -0.39 is 5.97 Å². The van der Waals surface area contributed by atoms with Crippen LogP contribution in [-0.2, 0) is 0 Å². The minimum atomic E-state index is -0.979. The fraction of sp³-hybridized carbons (Fsp3) is 0.364. The monoisotopic (exact) mass is 240 g/mol. The molecule has 0 atom stereocenters. The molecule has 0 spiro atoms. The van der Waals surface area contributed by atoms with Crippen LogP contribution in [0.1, 0.15) is 10.4 Å². The van der Waals surface area contributed by atoms with Crippen LogP contribution in [0.15, 0.2) is 23.1 Å². The number of carboxylic acid groups (broad SMARTS) is 1. The fourth-order valence-corrected chi connectivity index (χ4v) is 2.21. The van der Waals surface area contributed by atoms with Gasteiger partial charge in [0.05, 0.1) is 5.56 Å². The Bertz CT molecular complexity index is 380. The maximum absolute atomic E-state index is 10.9. The average molecular weight is 240 g/mol. The number of aromatic carboxylic acids is 1. The van der Waals surface area contributed by atoms with Gasteiger partial charge in [0.15, 0.2) is 0 Å². The molecule has 0 aliphatic carbocycles. The van der Waals surface area contributed by atoms with Crippen molar-refractivity contribution in [1.29, 1.82) is 0 Å². The molecule has 1 aromatic rings. The second-order valence-electron chi connectivity index (χ2n) is 3.71. The lowest BCUT2D eigenvalue weighted by molar-refractivity contribution is 0.0698. The summed E-state index contributed by atoms with van der Waals surface area (Å²) in [7, 11) is 4.01. The van der Waals surface area contributed by atoms with Crippen LogP contribution in [0.25, 0.3) is 0 Å². The van der Waals surface area contributed by atoms with Crippen LogP contribution in [0, 0.1) is 0 Å². The Morgan fingerprint density at radius 2 is 2.19 bits per heavy atom. The van der Waals surface area contributed by atoms with Crippen molar-refractivity contribution in [3.05, 3.63) is 23.8 Å². The minimum absolute atomic E-state index is 0.176. The van der Waals surface area contributed by atoms with Crippen molar-refractivity contribution < 1.29 is 9.90 Å². The number of thioether (sulfide) groups is 1. The lowest BCUT2D eigenvalue weighted by Gasteiger charge is -2.09. The third-order valence-electron chi connectivity index (χ3n) is 2.06. The van der Waals surface area contributed by atoms with E-state index in [4.69, 9.17) is 10.8 Å². The normalized spacial score (nSPS) is 10.7. The number of hydrogen-bond donors (Lipinski definition) is 2. The van der Waals surface area contributed by atoms with Crippen LogP contribution < -0.4 is 5.73 Å². The van der Waals surface area contributed by atoms with Gasteiger partial charge in [-0.15, -0.1) is 11.8 Å². The smallest absolute Gasteiger partial charge is 0.337 e. The molecule has 88 valence electrons. The zero-order valence-electron chi connectivity index (χ0n) is 9.43. The van der Waals surface area contributed by atoms with E-state index in [1.807, 2.05) is 20.2 Å². The molecule has 0 saturated carbocycles. The van der Waals surface area contributed by atoms with E-state index in [2.05, 4.69) is 4.90 Å². The van der Waals surface area contributed by atoms with E-state index in [0.717, 1.165) is 17.2 Å². The molecule has 16 heavy (non-hydrogen) atoms. The highest BCUT2D eigenvalue weighted by Crippen LogP contribution is 2.22. The van der Waals surface area contributed by atoms with Crippen LogP contribution in [-0.4, -0.2) is 42.4 Å². The summed E-state index contributed by atoms with van der Waals surface area (Å²) >= 11 is 1.63. The first-order chi connectivity index (χ1) is 7.50. The summed E-state index contributed by atoms with van der Waals surface area (Å²) in [6.45, 7) is 0.956. The number of rotatable bonds is 5. The zero-order valence-corrected chi connectivity index (χ0v) is 10.3. The van der Waals surface area contributed by atoms with E-state index in [1.165, 1.54) is 0 Å². The SMILES string of the molecule is CN(C)CCSc1ccc(N)c(C(=O)O)c1. The van der Waals surface area contributed by atoms with Gasteiger partial charge in [-0.3, -0.25) is 0 Å². The third-order valence-corrected chi connectivity index (χ3v) is 3.04. The molecular formula is C11H16N2O2S. The van der Waals surface area contributed by atoms with Gasteiger partial charge in [-0.1, -0.05) is 0 Å². The molecule has 1 aromatic carbocycles. The molecule has 0 unspecified atom stereocenters. The molecule has 0 bridgehead atoms. The fourth-order valence-electron chi connectivity index (χ4n) is 1.16. The molecule has 1 rings (SSSR count). The number of carboxylic acids is 1. The Morgan fingerprint density at radius 1 is 1.50 bits per heavy atom. The summed E-state index contributed by atoms with van der Waals surface area (Å²) in [4.78, 5) is 13.9. The first-order valence-corrected chi connectivity index (χ1v) is 5.89. The molecule has 0 aromatic heterocycles. The molecule has 0 saturated heterocycles. The predicted molar refractivity (Wildman–Crippen MR) is 67.1 cm³/mol. The van der Waals surface area contributed by atoms with Gasteiger partial charge in [-0.05, 0) is 32.3 Å². The van der Waals surface area contributed by atoms with Crippen molar-refractivity contribution in [2.24, 2.45) is 0 Å². The van der Waals surface area contributed by atoms with Crippen LogP contribution >= 0.6 is 11.8 Å². The number of carbonyl (C=O) groups is 1. The van der Waals surface area contributed by atoms with Gasteiger partial charge >= 0.3 is 5.97 Å². The Kier molecular flexibility index (Phi) is 4.64. The molecule has 3 N–H and O–H groups in total. The van der Waals surface area contributed by atoms with Gasteiger partial charge in [-0.25, -0.2) is 4.79 Å². The number of nitrogen functional groups attached to an aromatic ring is 1. The van der Waals surface area contributed by atoms with Crippen molar-refractivity contribution in [2.75, 3.05) is 32.1 Å². The summed E-state index contributed by atoms with van der Waals surface area (Å²) < 4.78 is 0. The van der Waals surface area contributed by atoms with Crippen molar-refractivity contribution in [2.45, 2.75) is 4.90 Å². The first kappa shape index (κ1) is 12.9. The van der Waals surface area contributed by atoms with Gasteiger partial charge in [0.1, 0.15) is 0 Å². The van der Waals surface area contributed by atoms with Gasteiger partial charge in [-0.2, -0.15) is 0 Å². The van der Waals surface area contributed by atoms with Crippen LogP contribution in [0.4, 0.5) is 5.69 Å². The van der Waals surface area contributed by atoms with Crippen molar-refractivity contribution in [3.63, 3.8) is 0 Å². The number of hydrogen-bond acceptors (Lipinski definition) is 4. The lowest BCUT2D eigenvalue weighted by atomic mass is 10.2. The molecule has 0 aliphatic heterocycles. The highest BCUT2D eigenvalue weighted by atomic mass is 32.2. The summed E-state index contributed by atoms with van der Waals surface area (Å²) in [6.07, 6.45) is 0. The predicted octanol–water partition coefficient (Wildman–Crippen LogP) is 1.62. The van der Waals surface area contributed by atoms with Gasteiger partial charge in [0.25, 0.3) is 0 Å². The molecule has 0 amide bonds. The van der Waals surface area contributed by atoms with Crippen LogP contribution in [0.2, 0.25) is 0 Å². The Labute approximate surface area is 99.4 Å². The molecule has 4 nitrogen and oxygen atoms in total. The summed E-state index contributed by atoms with van der Waals surface area (Å²) in [6, 6.07) is 5.11. The molecule has 5 heteroatoms. The third kappa shape index (κ3) is 3.75. The van der Waals surface area contributed by atoms with E-state index in [-0.39, 0.29) is 5.56 Å². The highest BCUT2D eigenvalue weighted by Gasteiger charge is 2.08. The largest absolute Gasteiger partial charge is 0.478 e. The second kappa shape index (κ2) is 5.77. The Morgan fingerprint density at radius 3 is 2.75 bits per heavy atom. The van der Waals surface area contributed by atoms with Gasteiger partial charge in [0.2, 0.25) is 0 Å². The van der Waals surface area contributed by atoms with Crippen molar-refractivity contribution >= 4 is 23.4 Å².